The van der Waals surface area contributed by atoms with Crippen molar-refractivity contribution in [3.05, 3.63) is 78.1 Å². The van der Waals surface area contributed by atoms with E-state index in [1.807, 2.05) is 6.92 Å². The monoisotopic (exact) mass is 355 g/mol. The highest BCUT2D eigenvalue weighted by Gasteiger charge is 2.07. The summed E-state index contributed by atoms with van der Waals surface area (Å²) in [5, 5.41) is 3.52. The summed E-state index contributed by atoms with van der Waals surface area (Å²) >= 11 is 0. The molecule has 0 aliphatic rings. The number of aromatic nitrogens is 2. The molecule has 136 valence electrons. The first-order valence-corrected chi connectivity index (χ1v) is 9.48. The zero-order chi connectivity index (χ0) is 18.8. The van der Waals surface area contributed by atoms with Gasteiger partial charge in [-0.2, -0.15) is 0 Å². The van der Waals surface area contributed by atoms with E-state index in [9.17, 15) is 0 Å². The minimum absolute atomic E-state index is 0.474. The maximum atomic E-state index is 4.48. The van der Waals surface area contributed by atoms with Crippen LogP contribution in [0.15, 0.2) is 66.7 Å². The average molecular weight is 355 g/mol. The SMILES string of the molecule is Cc1nc2ccc(-c3ccc(-c4ccccc4CNC(C)C)cc3)cc2[nH]1. The number of fused-ring (bicyclic) bond motifs is 1. The third-order valence-corrected chi connectivity index (χ3v) is 4.85. The molecule has 4 aromatic rings. The van der Waals surface area contributed by atoms with Crippen LogP contribution in [0.5, 0.6) is 0 Å². The van der Waals surface area contributed by atoms with E-state index in [0.717, 1.165) is 23.4 Å². The minimum Gasteiger partial charge on any atom is -0.342 e. The summed E-state index contributed by atoms with van der Waals surface area (Å²) in [5.74, 6) is 0.948. The van der Waals surface area contributed by atoms with E-state index >= 15 is 0 Å². The van der Waals surface area contributed by atoms with Crippen molar-refractivity contribution in [3.8, 4) is 22.3 Å². The largest absolute Gasteiger partial charge is 0.342 e. The van der Waals surface area contributed by atoms with E-state index in [4.69, 9.17) is 0 Å². The van der Waals surface area contributed by atoms with Crippen LogP contribution >= 0.6 is 0 Å². The van der Waals surface area contributed by atoms with Crippen LogP contribution in [-0.4, -0.2) is 16.0 Å². The smallest absolute Gasteiger partial charge is 0.104 e. The van der Waals surface area contributed by atoms with Crippen LogP contribution in [0, 0.1) is 6.92 Å². The second-order valence-electron chi connectivity index (χ2n) is 7.32. The van der Waals surface area contributed by atoms with Crippen molar-refractivity contribution < 1.29 is 0 Å². The Hall–Kier alpha value is -2.91. The predicted octanol–water partition coefficient (Wildman–Crippen LogP) is 5.70. The molecule has 1 aromatic heterocycles. The van der Waals surface area contributed by atoms with Crippen molar-refractivity contribution in [2.24, 2.45) is 0 Å². The van der Waals surface area contributed by atoms with Crippen LogP contribution in [0.2, 0.25) is 0 Å². The molecular weight excluding hydrogens is 330 g/mol. The maximum Gasteiger partial charge on any atom is 0.104 e. The van der Waals surface area contributed by atoms with Gasteiger partial charge in [0.05, 0.1) is 11.0 Å². The number of rotatable bonds is 5. The Kier molecular flexibility index (Phi) is 4.78. The molecule has 0 bridgehead atoms. The van der Waals surface area contributed by atoms with Gasteiger partial charge in [0.15, 0.2) is 0 Å². The van der Waals surface area contributed by atoms with Crippen molar-refractivity contribution in [3.63, 3.8) is 0 Å². The van der Waals surface area contributed by atoms with E-state index < -0.39 is 0 Å². The lowest BCUT2D eigenvalue weighted by Crippen LogP contribution is -2.22. The number of hydrogen-bond donors (Lipinski definition) is 2. The van der Waals surface area contributed by atoms with E-state index in [0.29, 0.717) is 6.04 Å². The fourth-order valence-electron chi connectivity index (χ4n) is 3.43. The number of nitrogens with one attached hydrogen (secondary N) is 2. The third-order valence-electron chi connectivity index (χ3n) is 4.85. The number of nitrogens with zero attached hydrogens (tertiary/aromatic N) is 1. The molecule has 0 radical (unpaired) electrons. The molecule has 2 N–H and O–H groups in total. The first kappa shape index (κ1) is 17.5. The number of aryl methyl sites for hydroxylation is 1. The van der Waals surface area contributed by atoms with Crippen LogP contribution in [0.4, 0.5) is 0 Å². The summed E-state index contributed by atoms with van der Waals surface area (Å²) in [6, 6.07) is 24.3. The second-order valence-corrected chi connectivity index (χ2v) is 7.32. The van der Waals surface area contributed by atoms with Gasteiger partial charge in [0, 0.05) is 12.6 Å². The van der Waals surface area contributed by atoms with Crippen molar-refractivity contribution in [2.45, 2.75) is 33.4 Å². The fourth-order valence-corrected chi connectivity index (χ4v) is 3.43. The first-order valence-electron chi connectivity index (χ1n) is 9.48. The Morgan fingerprint density at radius 2 is 1.59 bits per heavy atom. The van der Waals surface area contributed by atoms with E-state index in [2.05, 4.69) is 95.9 Å². The van der Waals surface area contributed by atoms with Gasteiger partial charge < -0.3 is 10.3 Å². The average Bonchev–Trinajstić information content (AvgIpc) is 3.06. The van der Waals surface area contributed by atoms with Crippen molar-refractivity contribution in [1.29, 1.82) is 0 Å². The molecule has 3 heteroatoms. The van der Waals surface area contributed by atoms with Crippen LogP contribution in [0.25, 0.3) is 33.3 Å². The summed E-state index contributed by atoms with van der Waals surface area (Å²) < 4.78 is 0. The highest BCUT2D eigenvalue weighted by atomic mass is 14.9. The van der Waals surface area contributed by atoms with Crippen LogP contribution < -0.4 is 5.32 Å². The van der Waals surface area contributed by atoms with Gasteiger partial charge in [0.1, 0.15) is 5.82 Å². The number of imidazole rings is 1. The molecule has 0 unspecified atom stereocenters. The van der Waals surface area contributed by atoms with Crippen molar-refractivity contribution in [1.82, 2.24) is 15.3 Å². The van der Waals surface area contributed by atoms with E-state index in [1.54, 1.807) is 0 Å². The lowest BCUT2D eigenvalue weighted by Gasteiger charge is -2.13. The standard InChI is InChI=1S/C24H25N3/c1-16(2)25-15-21-6-4-5-7-22(21)19-10-8-18(9-11-19)20-12-13-23-24(14-20)27-17(3)26-23/h4-14,16,25H,15H2,1-3H3,(H,26,27). The van der Waals surface area contributed by atoms with Gasteiger partial charge in [-0.05, 0) is 46.9 Å². The molecule has 0 spiro atoms. The Morgan fingerprint density at radius 3 is 2.37 bits per heavy atom. The molecule has 0 amide bonds. The van der Waals surface area contributed by atoms with Crippen LogP contribution in [-0.2, 0) is 6.54 Å². The Bertz CT molecular complexity index is 1060. The highest BCUT2D eigenvalue weighted by molar-refractivity contribution is 5.82. The van der Waals surface area contributed by atoms with Gasteiger partial charge in [0.25, 0.3) is 0 Å². The number of hydrogen-bond acceptors (Lipinski definition) is 2. The third kappa shape index (κ3) is 3.79. The van der Waals surface area contributed by atoms with Gasteiger partial charge >= 0.3 is 0 Å². The zero-order valence-corrected chi connectivity index (χ0v) is 16.1. The van der Waals surface area contributed by atoms with E-state index in [-0.39, 0.29) is 0 Å². The normalized spacial score (nSPS) is 11.4. The van der Waals surface area contributed by atoms with Gasteiger partial charge in [-0.1, -0.05) is 68.4 Å². The summed E-state index contributed by atoms with van der Waals surface area (Å²) in [6.45, 7) is 7.22. The second kappa shape index (κ2) is 7.37. The summed E-state index contributed by atoms with van der Waals surface area (Å²) in [6.07, 6.45) is 0. The van der Waals surface area contributed by atoms with Crippen molar-refractivity contribution >= 4 is 11.0 Å². The molecule has 3 aromatic carbocycles. The Labute approximate surface area is 160 Å². The molecule has 0 fully saturated rings. The highest BCUT2D eigenvalue weighted by Crippen LogP contribution is 2.28. The first-order chi connectivity index (χ1) is 13.1. The van der Waals surface area contributed by atoms with E-state index in [1.165, 1.54) is 27.8 Å². The molecule has 0 saturated heterocycles. The topological polar surface area (TPSA) is 40.7 Å². The Balaban J connectivity index is 1.64. The molecular formula is C24H25N3. The van der Waals surface area contributed by atoms with Crippen LogP contribution in [0.3, 0.4) is 0 Å². The molecule has 0 atom stereocenters. The zero-order valence-electron chi connectivity index (χ0n) is 16.1. The molecule has 4 rings (SSSR count). The quantitative estimate of drug-likeness (QED) is 0.482. The summed E-state index contributed by atoms with van der Waals surface area (Å²) in [5.41, 5.74) is 8.38. The summed E-state index contributed by atoms with van der Waals surface area (Å²) in [4.78, 5) is 7.80. The molecule has 0 saturated carbocycles. The minimum atomic E-state index is 0.474. The number of H-pyrrole nitrogens is 1. The molecule has 0 aliphatic carbocycles. The van der Waals surface area contributed by atoms with Gasteiger partial charge in [-0.3, -0.25) is 0 Å². The number of benzene rings is 3. The summed E-state index contributed by atoms with van der Waals surface area (Å²) in [7, 11) is 0. The molecule has 27 heavy (non-hydrogen) atoms. The van der Waals surface area contributed by atoms with Gasteiger partial charge in [-0.15, -0.1) is 0 Å². The van der Waals surface area contributed by atoms with Crippen LogP contribution in [0.1, 0.15) is 25.2 Å². The van der Waals surface area contributed by atoms with Crippen molar-refractivity contribution in [2.75, 3.05) is 0 Å². The fraction of sp³-hybridized carbons (Fsp3) is 0.208. The molecule has 3 nitrogen and oxygen atoms in total. The Morgan fingerprint density at radius 1 is 0.889 bits per heavy atom. The maximum absolute atomic E-state index is 4.48. The molecule has 0 aliphatic heterocycles. The van der Waals surface area contributed by atoms with Gasteiger partial charge in [-0.25, -0.2) is 4.98 Å². The molecule has 1 heterocycles. The predicted molar refractivity (Wildman–Crippen MR) is 114 cm³/mol. The lowest BCUT2D eigenvalue weighted by atomic mass is 9.96. The van der Waals surface area contributed by atoms with Gasteiger partial charge in [0.2, 0.25) is 0 Å². The lowest BCUT2D eigenvalue weighted by molar-refractivity contribution is 0.589. The number of aromatic amines is 1.